The van der Waals surface area contributed by atoms with Gasteiger partial charge < -0.3 is 0 Å². The van der Waals surface area contributed by atoms with E-state index in [1.807, 2.05) is 28.9 Å². The van der Waals surface area contributed by atoms with Crippen molar-refractivity contribution < 1.29 is 0 Å². The second-order valence-electron chi connectivity index (χ2n) is 2.86. The predicted molar refractivity (Wildman–Crippen MR) is 54.1 cm³/mol. The van der Waals surface area contributed by atoms with Crippen LogP contribution in [0.25, 0.3) is 16.1 Å². The van der Waals surface area contributed by atoms with Gasteiger partial charge in [-0.05, 0) is 29.7 Å². The van der Waals surface area contributed by atoms with Gasteiger partial charge >= 0.3 is 0 Å². The van der Waals surface area contributed by atoms with Gasteiger partial charge in [0.1, 0.15) is 11.3 Å². The average Bonchev–Trinajstić information content (AvgIpc) is 2.88. The molecule has 0 fully saturated rings. The third-order valence-electron chi connectivity index (χ3n) is 2.00. The quantitative estimate of drug-likeness (QED) is 0.604. The summed E-state index contributed by atoms with van der Waals surface area (Å²) in [6, 6.07) is 6.01. The molecular weight excluding hydrogens is 196 g/mol. The number of hydrogen-bond acceptors (Lipinski definition) is 4. The second-order valence-corrected chi connectivity index (χ2v) is 3.64. The fourth-order valence-corrected chi connectivity index (χ4v) is 1.86. The molecular formula is C9H6N4S. The molecule has 0 radical (unpaired) electrons. The summed E-state index contributed by atoms with van der Waals surface area (Å²) < 4.78 is 5.80. The average molecular weight is 202 g/mol. The van der Waals surface area contributed by atoms with Gasteiger partial charge in [-0.15, -0.1) is 0 Å². The van der Waals surface area contributed by atoms with Crippen molar-refractivity contribution in [3.8, 4) is 10.6 Å². The number of hydrogen-bond donors (Lipinski definition) is 0. The topological polar surface area (TPSA) is 43.1 Å². The minimum absolute atomic E-state index is 0.919. The first-order valence-electron chi connectivity index (χ1n) is 4.14. The number of nitrogens with zero attached hydrogens (tertiary/aromatic N) is 4. The van der Waals surface area contributed by atoms with E-state index in [0.29, 0.717) is 0 Å². The van der Waals surface area contributed by atoms with Crippen molar-refractivity contribution in [3.05, 3.63) is 36.9 Å². The standard InChI is InChI=1S/C9H6N4S/c1-2-8-3-4-11-13(8)5-7(1)9-10-6-12-14-9/h1-6H. The highest BCUT2D eigenvalue weighted by atomic mass is 32.1. The normalized spacial score (nSPS) is 10.9. The predicted octanol–water partition coefficient (Wildman–Crippen LogP) is 1.85. The highest BCUT2D eigenvalue weighted by Crippen LogP contribution is 2.19. The third kappa shape index (κ3) is 1.10. The Morgan fingerprint density at radius 3 is 3.07 bits per heavy atom. The van der Waals surface area contributed by atoms with Gasteiger partial charge in [0, 0.05) is 18.0 Å². The fraction of sp³-hybridized carbons (Fsp3) is 0. The zero-order chi connectivity index (χ0) is 9.38. The molecule has 0 aliphatic carbocycles. The molecule has 0 bridgehead atoms. The molecule has 3 aromatic rings. The molecule has 0 aliphatic heterocycles. The molecule has 0 spiro atoms. The molecule has 0 unspecified atom stereocenters. The van der Waals surface area contributed by atoms with Crippen LogP contribution in [-0.2, 0) is 0 Å². The summed E-state index contributed by atoms with van der Waals surface area (Å²) >= 11 is 1.38. The Kier molecular flexibility index (Phi) is 1.57. The van der Waals surface area contributed by atoms with E-state index in [-0.39, 0.29) is 0 Å². The Labute approximate surface area is 84.0 Å². The maximum atomic E-state index is 4.16. The van der Waals surface area contributed by atoms with Crippen molar-refractivity contribution in [3.63, 3.8) is 0 Å². The molecule has 0 aliphatic rings. The Hall–Kier alpha value is -1.75. The summed E-state index contributed by atoms with van der Waals surface area (Å²) in [6.07, 6.45) is 5.29. The molecule has 0 aromatic carbocycles. The summed E-state index contributed by atoms with van der Waals surface area (Å²) in [6.45, 7) is 0. The van der Waals surface area contributed by atoms with Crippen LogP contribution in [0.3, 0.4) is 0 Å². The van der Waals surface area contributed by atoms with Crippen molar-refractivity contribution >= 4 is 17.0 Å². The molecule has 0 atom stereocenters. The Bertz CT molecular complexity index is 555. The van der Waals surface area contributed by atoms with E-state index in [1.165, 1.54) is 11.5 Å². The van der Waals surface area contributed by atoms with E-state index in [4.69, 9.17) is 0 Å². The van der Waals surface area contributed by atoms with Crippen LogP contribution in [-0.4, -0.2) is 19.0 Å². The number of rotatable bonds is 1. The maximum absolute atomic E-state index is 4.16. The fourth-order valence-electron chi connectivity index (χ4n) is 1.34. The van der Waals surface area contributed by atoms with E-state index in [1.54, 1.807) is 12.5 Å². The third-order valence-corrected chi connectivity index (χ3v) is 2.72. The Morgan fingerprint density at radius 2 is 2.21 bits per heavy atom. The molecule has 14 heavy (non-hydrogen) atoms. The molecule has 3 heterocycles. The van der Waals surface area contributed by atoms with Gasteiger partial charge in [-0.2, -0.15) is 9.47 Å². The van der Waals surface area contributed by atoms with Crippen molar-refractivity contribution in [1.82, 2.24) is 19.0 Å². The van der Waals surface area contributed by atoms with Gasteiger partial charge in [0.25, 0.3) is 0 Å². The van der Waals surface area contributed by atoms with Crippen LogP contribution in [0.5, 0.6) is 0 Å². The van der Waals surface area contributed by atoms with Gasteiger partial charge in [0.05, 0.1) is 5.52 Å². The molecule has 68 valence electrons. The van der Waals surface area contributed by atoms with E-state index in [9.17, 15) is 0 Å². The lowest BCUT2D eigenvalue weighted by Crippen LogP contribution is -1.86. The zero-order valence-electron chi connectivity index (χ0n) is 7.16. The van der Waals surface area contributed by atoms with Crippen LogP contribution in [0, 0.1) is 0 Å². The molecule has 3 rings (SSSR count). The Morgan fingerprint density at radius 1 is 1.21 bits per heavy atom. The van der Waals surface area contributed by atoms with Crippen LogP contribution < -0.4 is 0 Å². The monoisotopic (exact) mass is 202 g/mol. The summed E-state index contributed by atoms with van der Waals surface area (Å²) in [7, 11) is 0. The van der Waals surface area contributed by atoms with Crippen molar-refractivity contribution in [1.29, 1.82) is 0 Å². The van der Waals surface area contributed by atoms with E-state index in [0.717, 1.165) is 16.1 Å². The van der Waals surface area contributed by atoms with Gasteiger partial charge in [0.15, 0.2) is 0 Å². The minimum Gasteiger partial charge on any atom is -0.240 e. The zero-order valence-corrected chi connectivity index (χ0v) is 7.98. The van der Waals surface area contributed by atoms with E-state index in [2.05, 4.69) is 14.5 Å². The lowest BCUT2D eigenvalue weighted by molar-refractivity contribution is 0.962. The highest BCUT2D eigenvalue weighted by Gasteiger charge is 2.02. The first-order valence-corrected chi connectivity index (χ1v) is 4.91. The molecule has 3 aromatic heterocycles. The van der Waals surface area contributed by atoms with Crippen LogP contribution in [0.1, 0.15) is 0 Å². The second kappa shape index (κ2) is 2.88. The largest absolute Gasteiger partial charge is 0.240 e. The summed E-state index contributed by atoms with van der Waals surface area (Å²) in [5, 5.41) is 5.08. The number of aromatic nitrogens is 4. The SMILES string of the molecule is c1nsc(-c2ccc3ccnn3c2)n1. The molecule has 0 amide bonds. The first kappa shape index (κ1) is 7.64. The molecule has 0 saturated carbocycles. The van der Waals surface area contributed by atoms with Crippen LogP contribution in [0.4, 0.5) is 0 Å². The van der Waals surface area contributed by atoms with Crippen LogP contribution in [0.15, 0.2) is 36.9 Å². The smallest absolute Gasteiger partial charge is 0.145 e. The molecule has 5 heteroatoms. The van der Waals surface area contributed by atoms with Crippen LogP contribution >= 0.6 is 11.5 Å². The summed E-state index contributed by atoms with van der Waals surface area (Å²) in [4.78, 5) is 4.14. The van der Waals surface area contributed by atoms with Gasteiger partial charge in [0.2, 0.25) is 0 Å². The van der Waals surface area contributed by atoms with Crippen molar-refractivity contribution in [2.75, 3.05) is 0 Å². The van der Waals surface area contributed by atoms with E-state index >= 15 is 0 Å². The first-order chi connectivity index (χ1) is 6.93. The number of pyridine rings is 1. The summed E-state index contributed by atoms with van der Waals surface area (Å²) in [5.74, 6) is 0. The molecule has 0 saturated heterocycles. The molecule has 0 N–H and O–H groups in total. The van der Waals surface area contributed by atoms with E-state index < -0.39 is 0 Å². The number of fused-ring (bicyclic) bond motifs is 1. The van der Waals surface area contributed by atoms with Gasteiger partial charge in [-0.25, -0.2) is 9.50 Å². The van der Waals surface area contributed by atoms with Crippen molar-refractivity contribution in [2.24, 2.45) is 0 Å². The van der Waals surface area contributed by atoms with Gasteiger partial charge in [-0.1, -0.05) is 0 Å². The van der Waals surface area contributed by atoms with Crippen LogP contribution in [0.2, 0.25) is 0 Å². The maximum Gasteiger partial charge on any atom is 0.145 e. The Balaban J connectivity index is 2.23. The summed E-state index contributed by atoms with van der Waals surface area (Å²) in [5.41, 5.74) is 2.13. The minimum atomic E-state index is 0.919. The lowest BCUT2D eigenvalue weighted by Gasteiger charge is -1.96. The lowest BCUT2D eigenvalue weighted by atomic mass is 10.3. The highest BCUT2D eigenvalue weighted by molar-refractivity contribution is 7.09. The van der Waals surface area contributed by atoms with Crippen molar-refractivity contribution in [2.45, 2.75) is 0 Å². The van der Waals surface area contributed by atoms with Gasteiger partial charge in [-0.3, -0.25) is 0 Å². The molecule has 4 nitrogen and oxygen atoms in total.